The fourth-order valence-corrected chi connectivity index (χ4v) is 4.27. The molecule has 9 heteroatoms. The average Bonchev–Trinajstić information content (AvgIpc) is 3.43. The predicted molar refractivity (Wildman–Crippen MR) is 102 cm³/mol. The van der Waals surface area contributed by atoms with Gasteiger partial charge in [-0.25, -0.2) is 14.9 Å². The first-order chi connectivity index (χ1) is 13.1. The molecule has 4 rings (SSSR count). The van der Waals surface area contributed by atoms with Crippen molar-refractivity contribution in [2.24, 2.45) is 0 Å². The average molecular weight is 389 g/mol. The highest BCUT2D eigenvalue weighted by atomic mass is 32.1. The van der Waals surface area contributed by atoms with Crippen LogP contribution in [0.5, 0.6) is 0 Å². The van der Waals surface area contributed by atoms with Crippen molar-refractivity contribution in [1.29, 1.82) is 0 Å². The van der Waals surface area contributed by atoms with E-state index in [-0.39, 0.29) is 17.8 Å². The highest BCUT2D eigenvalue weighted by Gasteiger charge is 2.37. The van der Waals surface area contributed by atoms with Crippen LogP contribution in [0.1, 0.15) is 36.7 Å². The Morgan fingerprint density at radius 3 is 3.04 bits per heavy atom. The Morgan fingerprint density at radius 1 is 1.48 bits per heavy atom. The van der Waals surface area contributed by atoms with Gasteiger partial charge in [0, 0.05) is 37.7 Å². The number of rotatable bonds is 6. The first-order valence-electron chi connectivity index (χ1n) is 9.01. The quantitative estimate of drug-likeness (QED) is 0.697. The Bertz CT molecular complexity index is 958. The number of oxazole rings is 1. The zero-order chi connectivity index (χ0) is 19.0. The summed E-state index contributed by atoms with van der Waals surface area (Å²) in [6.45, 7) is 5.84. The van der Waals surface area contributed by atoms with Crippen molar-refractivity contribution >= 4 is 11.3 Å². The summed E-state index contributed by atoms with van der Waals surface area (Å²) in [6.07, 6.45) is 0.880. The summed E-state index contributed by atoms with van der Waals surface area (Å²) < 4.78 is 13.2. The number of H-pyrrole nitrogens is 1. The lowest BCUT2D eigenvalue weighted by molar-refractivity contribution is 0.107. The molecule has 27 heavy (non-hydrogen) atoms. The van der Waals surface area contributed by atoms with E-state index in [0.29, 0.717) is 19.0 Å². The molecule has 0 saturated carbocycles. The first-order valence-corrected chi connectivity index (χ1v) is 9.95. The monoisotopic (exact) mass is 389 g/mol. The standard InChI is InChI=1S/C18H23N5O3S/c1-4-23-16(20-21-18(23)24)15-7-13(25-3)8-22(15)9-14-11(2)26-17(19-14)12-5-6-27-10-12/h5-6,10,13,15H,4,7-9H2,1-3H3,(H,21,24)/t13-,15-/m0/s1. The Kier molecular flexibility index (Phi) is 4.98. The van der Waals surface area contributed by atoms with Crippen LogP contribution < -0.4 is 5.69 Å². The maximum absolute atomic E-state index is 12.0. The minimum atomic E-state index is -0.175. The Balaban J connectivity index is 1.62. The number of hydrogen-bond donors (Lipinski definition) is 1. The van der Waals surface area contributed by atoms with Crippen LogP contribution in [0.3, 0.4) is 0 Å². The molecule has 1 saturated heterocycles. The van der Waals surface area contributed by atoms with Gasteiger partial charge in [-0.15, -0.1) is 0 Å². The zero-order valence-electron chi connectivity index (χ0n) is 15.6. The fraction of sp³-hybridized carbons (Fsp3) is 0.500. The second kappa shape index (κ2) is 7.41. The number of thiophene rings is 1. The fourth-order valence-electron chi connectivity index (χ4n) is 3.64. The molecular formula is C18H23N5O3S. The number of nitrogens with zero attached hydrogens (tertiary/aromatic N) is 4. The minimum absolute atomic E-state index is 0.00505. The largest absolute Gasteiger partial charge is 0.441 e. The summed E-state index contributed by atoms with van der Waals surface area (Å²) in [5, 5.41) is 10.9. The highest BCUT2D eigenvalue weighted by molar-refractivity contribution is 7.08. The van der Waals surface area contributed by atoms with Gasteiger partial charge in [0.05, 0.1) is 17.8 Å². The third-order valence-electron chi connectivity index (χ3n) is 5.11. The third-order valence-corrected chi connectivity index (χ3v) is 5.80. The minimum Gasteiger partial charge on any atom is -0.441 e. The molecule has 0 bridgehead atoms. The predicted octanol–water partition coefficient (Wildman–Crippen LogP) is 2.58. The highest BCUT2D eigenvalue weighted by Crippen LogP contribution is 2.34. The van der Waals surface area contributed by atoms with Crippen LogP contribution in [0, 0.1) is 6.92 Å². The lowest BCUT2D eigenvalue weighted by atomic mass is 10.2. The van der Waals surface area contributed by atoms with Gasteiger partial charge >= 0.3 is 5.69 Å². The van der Waals surface area contributed by atoms with Crippen LogP contribution in [0.15, 0.2) is 26.0 Å². The number of aromatic amines is 1. The number of likely N-dealkylation sites (tertiary alicyclic amines) is 1. The second-order valence-electron chi connectivity index (χ2n) is 6.70. The molecule has 1 fully saturated rings. The third kappa shape index (κ3) is 3.38. The van der Waals surface area contributed by atoms with Gasteiger partial charge in [0.15, 0.2) is 5.82 Å². The maximum Gasteiger partial charge on any atom is 0.343 e. The molecule has 0 amide bonds. The van der Waals surface area contributed by atoms with E-state index < -0.39 is 0 Å². The normalized spacial score (nSPS) is 20.6. The zero-order valence-corrected chi connectivity index (χ0v) is 16.5. The Labute approximate surface area is 160 Å². The van der Waals surface area contributed by atoms with Crippen molar-refractivity contribution in [3.05, 3.63) is 44.6 Å². The molecule has 2 atom stereocenters. The van der Waals surface area contributed by atoms with Gasteiger partial charge in [-0.2, -0.15) is 16.4 Å². The molecule has 3 aromatic rings. The van der Waals surface area contributed by atoms with Crippen molar-refractivity contribution in [2.75, 3.05) is 13.7 Å². The lowest BCUT2D eigenvalue weighted by Gasteiger charge is -2.22. The molecule has 0 spiro atoms. The molecule has 4 heterocycles. The smallest absolute Gasteiger partial charge is 0.343 e. The number of ether oxygens (including phenoxy) is 1. The van der Waals surface area contributed by atoms with Crippen LogP contribution in [-0.4, -0.2) is 44.4 Å². The van der Waals surface area contributed by atoms with Crippen LogP contribution in [0.25, 0.3) is 11.5 Å². The molecule has 0 aromatic carbocycles. The van der Waals surface area contributed by atoms with Gasteiger partial charge < -0.3 is 9.15 Å². The number of hydrogen-bond acceptors (Lipinski definition) is 7. The molecule has 0 radical (unpaired) electrons. The van der Waals surface area contributed by atoms with Gasteiger partial charge in [-0.05, 0) is 31.7 Å². The summed E-state index contributed by atoms with van der Waals surface area (Å²) >= 11 is 1.62. The number of aromatic nitrogens is 4. The number of aryl methyl sites for hydroxylation is 1. The molecule has 8 nitrogen and oxygen atoms in total. The van der Waals surface area contributed by atoms with Crippen molar-refractivity contribution in [3.8, 4) is 11.5 Å². The molecule has 0 unspecified atom stereocenters. The van der Waals surface area contributed by atoms with E-state index in [1.807, 2.05) is 30.7 Å². The van der Waals surface area contributed by atoms with Crippen molar-refractivity contribution in [2.45, 2.75) is 45.5 Å². The molecular weight excluding hydrogens is 366 g/mol. The molecule has 0 aliphatic carbocycles. The van der Waals surface area contributed by atoms with Crippen molar-refractivity contribution < 1.29 is 9.15 Å². The molecule has 1 aliphatic rings. The van der Waals surface area contributed by atoms with Gasteiger partial charge in [0.2, 0.25) is 5.89 Å². The van der Waals surface area contributed by atoms with Gasteiger partial charge in [0.25, 0.3) is 0 Å². The van der Waals surface area contributed by atoms with Crippen molar-refractivity contribution in [1.82, 2.24) is 24.6 Å². The number of methoxy groups -OCH3 is 1. The van der Waals surface area contributed by atoms with E-state index in [0.717, 1.165) is 35.8 Å². The van der Waals surface area contributed by atoms with Crippen molar-refractivity contribution in [3.63, 3.8) is 0 Å². The molecule has 1 N–H and O–H groups in total. The lowest BCUT2D eigenvalue weighted by Crippen LogP contribution is -2.28. The summed E-state index contributed by atoms with van der Waals surface area (Å²) in [4.78, 5) is 19.0. The van der Waals surface area contributed by atoms with E-state index in [4.69, 9.17) is 14.1 Å². The Hall–Kier alpha value is -2.23. The van der Waals surface area contributed by atoms with Gasteiger partial charge in [-0.3, -0.25) is 9.47 Å². The summed E-state index contributed by atoms with van der Waals surface area (Å²) in [7, 11) is 1.72. The molecule has 144 valence electrons. The molecule has 3 aromatic heterocycles. The van der Waals surface area contributed by atoms with Crippen LogP contribution >= 0.6 is 11.3 Å². The SMILES string of the molecule is CCn1c([C@@H]2C[C@H](OC)CN2Cc2nc(-c3ccsc3)oc2C)n[nH]c1=O. The van der Waals surface area contributed by atoms with Gasteiger partial charge in [0.1, 0.15) is 5.76 Å². The molecule has 1 aliphatic heterocycles. The van der Waals surface area contributed by atoms with Crippen LogP contribution in [0.2, 0.25) is 0 Å². The topological polar surface area (TPSA) is 89.2 Å². The Morgan fingerprint density at radius 2 is 2.33 bits per heavy atom. The summed E-state index contributed by atoms with van der Waals surface area (Å²) in [5.41, 5.74) is 1.72. The van der Waals surface area contributed by atoms with E-state index in [2.05, 4.69) is 15.1 Å². The second-order valence-corrected chi connectivity index (χ2v) is 7.48. The van der Waals surface area contributed by atoms with Crippen LogP contribution in [0.4, 0.5) is 0 Å². The van der Waals surface area contributed by atoms with E-state index in [1.54, 1.807) is 23.0 Å². The summed E-state index contributed by atoms with van der Waals surface area (Å²) in [5.74, 6) is 2.21. The first kappa shape index (κ1) is 18.1. The van der Waals surface area contributed by atoms with E-state index in [9.17, 15) is 4.79 Å². The summed E-state index contributed by atoms with van der Waals surface area (Å²) in [6, 6.07) is 2.00. The van der Waals surface area contributed by atoms with Crippen LogP contribution in [-0.2, 0) is 17.8 Å². The number of nitrogens with one attached hydrogen (secondary N) is 1. The maximum atomic E-state index is 12.0. The van der Waals surface area contributed by atoms with E-state index >= 15 is 0 Å². The van der Waals surface area contributed by atoms with Gasteiger partial charge in [-0.1, -0.05) is 0 Å². The van der Waals surface area contributed by atoms with E-state index in [1.165, 1.54) is 0 Å².